The molecule has 0 spiro atoms. The van der Waals surface area contributed by atoms with Gasteiger partial charge in [0, 0.05) is 34.2 Å². The lowest BCUT2D eigenvalue weighted by atomic mass is 10.1. The highest BCUT2D eigenvalue weighted by molar-refractivity contribution is 6.05. The van der Waals surface area contributed by atoms with E-state index in [2.05, 4.69) is 4.98 Å². The smallest absolute Gasteiger partial charge is 0.270 e. The number of H-pyrrole nitrogens is 1. The van der Waals surface area contributed by atoms with Crippen molar-refractivity contribution in [1.82, 2.24) is 4.98 Å². The van der Waals surface area contributed by atoms with Crippen molar-refractivity contribution in [3.63, 3.8) is 0 Å². The summed E-state index contributed by atoms with van der Waals surface area (Å²) in [4.78, 5) is 24.8. The van der Waals surface area contributed by atoms with Crippen LogP contribution in [0.25, 0.3) is 22.2 Å². The standard InChI is InChI=1S/C16H11FN2O4/c1-23-15-5-2-9(6-13(15)17)16-12(8-20)11-7-10(19(21)22)3-4-14(11)18-16/h2-8,18H,1H3. The van der Waals surface area contributed by atoms with Crippen molar-refractivity contribution >= 4 is 22.9 Å². The van der Waals surface area contributed by atoms with E-state index in [1.807, 2.05) is 0 Å². The fourth-order valence-electron chi connectivity index (χ4n) is 2.49. The maximum absolute atomic E-state index is 13.9. The first-order chi connectivity index (χ1) is 11.0. The number of nitro groups is 1. The van der Waals surface area contributed by atoms with Gasteiger partial charge in [-0.05, 0) is 24.3 Å². The van der Waals surface area contributed by atoms with Crippen LogP contribution in [-0.4, -0.2) is 23.3 Å². The molecular formula is C16H11FN2O4. The van der Waals surface area contributed by atoms with Gasteiger partial charge < -0.3 is 9.72 Å². The zero-order chi connectivity index (χ0) is 16.6. The molecule has 0 bridgehead atoms. The van der Waals surface area contributed by atoms with Crippen LogP contribution in [0.3, 0.4) is 0 Å². The predicted molar refractivity (Wildman–Crippen MR) is 82.3 cm³/mol. The van der Waals surface area contributed by atoms with Crippen LogP contribution >= 0.6 is 0 Å². The first-order valence-electron chi connectivity index (χ1n) is 6.64. The van der Waals surface area contributed by atoms with Crippen LogP contribution in [-0.2, 0) is 0 Å². The third-order valence-electron chi connectivity index (χ3n) is 3.59. The minimum atomic E-state index is -0.563. The molecule has 23 heavy (non-hydrogen) atoms. The summed E-state index contributed by atoms with van der Waals surface area (Å²) in [6.07, 6.45) is 0.597. The summed E-state index contributed by atoms with van der Waals surface area (Å²) < 4.78 is 18.7. The molecule has 1 N–H and O–H groups in total. The monoisotopic (exact) mass is 314 g/mol. The first kappa shape index (κ1) is 14.7. The molecule has 7 heteroatoms. The molecule has 0 aliphatic rings. The molecule has 0 radical (unpaired) electrons. The summed E-state index contributed by atoms with van der Waals surface area (Å²) in [5, 5.41) is 11.3. The average molecular weight is 314 g/mol. The van der Waals surface area contributed by atoms with Crippen LogP contribution in [0.5, 0.6) is 5.75 Å². The number of nitrogens with zero attached hydrogens (tertiary/aromatic N) is 1. The van der Waals surface area contributed by atoms with Gasteiger partial charge in [-0.1, -0.05) is 0 Å². The molecule has 0 atom stereocenters. The largest absolute Gasteiger partial charge is 0.494 e. The summed E-state index contributed by atoms with van der Waals surface area (Å²) in [6, 6.07) is 8.47. The average Bonchev–Trinajstić information content (AvgIpc) is 2.92. The third-order valence-corrected chi connectivity index (χ3v) is 3.59. The summed E-state index contributed by atoms with van der Waals surface area (Å²) in [6.45, 7) is 0. The number of benzene rings is 2. The van der Waals surface area contributed by atoms with Crippen molar-refractivity contribution in [1.29, 1.82) is 0 Å². The van der Waals surface area contributed by atoms with E-state index in [0.29, 0.717) is 28.4 Å². The molecule has 6 nitrogen and oxygen atoms in total. The van der Waals surface area contributed by atoms with E-state index in [0.717, 1.165) is 0 Å². The summed E-state index contributed by atoms with van der Waals surface area (Å²) >= 11 is 0. The number of methoxy groups -OCH3 is 1. The molecular weight excluding hydrogens is 303 g/mol. The first-order valence-corrected chi connectivity index (χ1v) is 6.64. The highest BCUT2D eigenvalue weighted by Crippen LogP contribution is 2.33. The zero-order valence-electron chi connectivity index (χ0n) is 12.0. The summed E-state index contributed by atoms with van der Waals surface area (Å²) in [5.74, 6) is -0.473. The second-order valence-electron chi connectivity index (χ2n) is 4.87. The van der Waals surface area contributed by atoms with Gasteiger partial charge in [0.2, 0.25) is 0 Å². The minimum Gasteiger partial charge on any atom is -0.494 e. The van der Waals surface area contributed by atoms with Gasteiger partial charge in [-0.15, -0.1) is 0 Å². The number of halogens is 1. The summed E-state index contributed by atoms with van der Waals surface area (Å²) in [7, 11) is 1.36. The highest BCUT2D eigenvalue weighted by Gasteiger charge is 2.17. The van der Waals surface area contributed by atoms with Crippen LogP contribution in [0.4, 0.5) is 10.1 Å². The number of aromatic amines is 1. The van der Waals surface area contributed by atoms with Crippen molar-refractivity contribution < 1.29 is 18.8 Å². The number of aldehydes is 1. The lowest BCUT2D eigenvalue weighted by molar-refractivity contribution is -0.384. The predicted octanol–water partition coefficient (Wildman–Crippen LogP) is 3.70. The second kappa shape index (κ2) is 5.53. The van der Waals surface area contributed by atoms with Crippen LogP contribution < -0.4 is 4.74 Å². The fraction of sp³-hybridized carbons (Fsp3) is 0.0625. The number of aromatic nitrogens is 1. The topological polar surface area (TPSA) is 85.2 Å². The Kier molecular flexibility index (Phi) is 3.53. The molecule has 3 rings (SSSR count). The highest BCUT2D eigenvalue weighted by atomic mass is 19.1. The van der Waals surface area contributed by atoms with Crippen LogP contribution in [0.2, 0.25) is 0 Å². The van der Waals surface area contributed by atoms with Gasteiger partial charge in [0.1, 0.15) is 0 Å². The number of hydrogen-bond donors (Lipinski definition) is 1. The lowest BCUT2D eigenvalue weighted by Crippen LogP contribution is -1.90. The van der Waals surface area contributed by atoms with Gasteiger partial charge in [-0.3, -0.25) is 14.9 Å². The number of nitro benzene ring substituents is 1. The van der Waals surface area contributed by atoms with Gasteiger partial charge in [-0.2, -0.15) is 0 Å². The molecule has 0 aliphatic carbocycles. The second-order valence-corrected chi connectivity index (χ2v) is 4.87. The Morgan fingerprint density at radius 2 is 2.04 bits per heavy atom. The lowest BCUT2D eigenvalue weighted by Gasteiger charge is -2.04. The molecule has 0 saturated carbocycles. The van der Waals surface area contributed by atoms with E-state index in [9.17, 15) is 19.3 Å². The number of rotatable bonds is 4. The van der Waals surface area contributed by atoms with Crippen molar-refractivity contribution in [3.05, 3.63) is 57.9 Å². The van der Waals surface area contributed by atoms with Gasteiger partial charge in [0.25, 0.3) is 5.69 Å². The van der Waals surface area contributed by atoms with E-state index >= 15 is 0 Å². The van der Waals surface area contributed by atoms with Gasteiger partial charge >= 0.3 is 0 Å². The molecule has 0 unspecified atom stereocenters. The van der Waals surface area contributed by atoms with E-state index in [1.54, 1.807) is 6.07 Å². The SMILES string of the molecule is COc1ccc(-c2[nH]c3ccc([N+](=O)[O-])cc3c2C=O)cc1F. The van der Waals surface area contributed by atoms with E-state index in [1.165, 1.54) is 37.4 Å². The molecule has 0 amide bonds. The Balaban J connectivity index is 2.23. The number of hydrogen-bond acceptors (Lipinski definition) is 4. The fourth-order valence-corrected chi connectivity index (χ4v) is 2.49. The maximum atomic E-state index is 13.9. The number of nitrogens with one attached hydrogen (secondary N) is 1. The number of carbonyl (C=O) groups is 1. The molecule has 1 heterocycles. The molecule has 0 saturated heterocycles. The molecule has 3 aromatic rings. The van der Waals surface area contributed by atoms with Gasteiger partial charge in [0.15, 0.2) is 17.9 Å². The zero-order valence-corrected chi connectivity index (χ0v) is 12.0. The van der Waals surface area contributed by atoms with Crippen molar-refractivity contribution in [2.75, 3.05) is 7.11 Å². The molecule has 2 aromatic carbocycles. The van der Waals surface area contributed by atoms with E-state index in [4.69, 9.17) is 4.74 Å². The number of carbonyl (C=O) groups excluding carboxylic acids is 1. The van der Waals surface area contributed by atoms with Crippen LogP contribution in [0.15, 0.2) is 36.4 Å². The Morgan fingerprint density at radius 1 is 1.26 bits per heavy atom. The number of fused-ring (bicyclic) bond motifs is 1. The van der Waals surface area contributed by atoms with Gasteiger partial charge in [0.05, 0.1) is 17.7 Å². The molecule has 1 aromatic heterocycles. The normalized spacial score (nSPS) is 10.7. The third kappa shape index (κ3) is 2.42. The van der Waals surface area contributed by atoms with Crippen molar-refractivity contribution in [2.24, 2.45) is 0 Å². The summed E-state index contributed by atoms with van der Waals surface area (Å²) in [5.41, 5.74) is 1.53. The Bertz CT molecular complexity index is 933. The number of ether oxygens (including phenoxy) is 1. The quantitative estimate of drug-likeness (QED) is 0.452. The Morgan fingerprint density at radius 3 is 2.65 bits per heavy atom. The van der Waals surface area contributed by atoms with Crippen molar-refractivity contribution in [2.45, 2.75) is 0 Å². The van der Waals surface area contributed by atoms with Gasteiger partial charge in [-0.25, -0.2) is 4.39 Å². The van der Waals surface area contributed by atoms with E-state index in [-0.39, 0.29) is 17.0 Å². The Hall–Kier alpha value is -3.22. The molecule has 0 fully saturated rings. The number of non-ortho nitro benzene ring substituents is 1. The molecule has 116 valence electrons. The minimum absolute atomic E-state index is 0.0909. The molecule has 0 aliphatic heterocycles. The van der Waals surface area contributed by atoms with E-state index < -0.39 is 10.7 Å². The van der Waals surface area contributed by atoms with Crippen LogP contribution in [0.1, 0.15) is 10.4 Å². The van der Waals surface area contributed by atoms with Crippen LogP contribution in [0, 0.1) is 15.9 Å². The maximum Gasteiger partial charge on any atom is 0.270 e. The van der Waals surface area contributed by atoms with Crippen molar-refractivity contribution in [3.8, 4) is 17.0 Å². The Labute approximate surface area is 129 Å².